The van der Waals surface area contributed by atoms with Crippen LogP contribution in [0.2, 0.25) is 5.02 Å². The van der Waals surface area contributed by atoms with Crippen LogP contribution in [0.5, 0.6) is 0 Å². The van der Waals surface area contributed by atoms with E-state index in [-0.39, 0.29) is 5.91 Å². The van der Waals surface area contributed by atoms with E-state index in [0.717, 1.165) is 25.3 Å². The number of nitrogens with zero attached hydrogens (tertiary/aromatic N) is 2. The molecule has 1 atom stereocenters. The Labute approximate surface area is 121 Å². The van der Waals surface area contributed by atoms with Crippen LogP contribution in [0, 0.1) is 0 Å². The Morgan fingerprint density at radius 2 is 2.53 bits per heavy atom. The summed E-state index contributed by atoms with van der Waals surface area (Å²) < 4.78 is 0. The normalized spacial score (nSPS) is 19.3. The fourth-order valence-corrected chi connectivity index (χ4v) is 3.40. The minimum atomic E-state index is -0.0169. The molecule has 0 aliphatic carbocycles. The highest BCUT2D eigenvalue weighted by atomic mass is 35.5. The average molecular weight is 301 g/mol. The Morgan fingerprint density at radius 1 is 1.74 bits per heavy atom. The Hall–Kier alpha value is -0.980. The molecule has 3 N–H and O–H groups in total. The number of hydrazine groups is 1. The van der Waals surface area contributed by atoms with E-state index in [2.05, 4.69) is 17.3 Å². The fourth-order valence-electron chi connectivity index (χ4n) is 1.99. The summed E-state index contributed by atoms with van der Waals surface area (Å²) in [5.41, 5.74) is 2.89. The molecule has 2 rings (SSSR count). The lowest BCUT2D eigenvalue weighted by atomic mass is 10.2. The molecule has 1 aromatic heterocycles. The van der Waals surface area contributed by atoms with Crippen molar-refractivity contribution in [2.75, 3.05) is 24.3 Å². The second-order valence-corrected chi connectivity index (χ2v) is 6.17. The summed E-state index contributed by atoms with van der Waals surface area (Å²) in [5, 5.41) is 0.873. The van der Waals surface area contributed by atoms with Crippen molar-refractivity contribution in [2.45, 2.75) is 18.6 Å². The molecule has 7 heteroatoms. The topological polar surface area (TPSA) is 71.2 Å². The van der Waals surface area contributed by atoms with Crippen LogP contribution in [0.15, 0.2) is 12.3 Å². The van der Waals surface area contributed by atoms with Gasteiger partial charge in [-0.05, 0) is 12.5 Å². The van der Waals surface area contributed by atoms with Crippen LogP contribution < -0.4 is 11.3 Å². The van der Waals surface area contributed by atoms with Gasteiger partial charge in [0.05, 0.1) is 10.6 Å². The third kappa shape index (κ3) is 3.32. The van der Waals surface area contributed by atoms with Gasteiger partial charge in [0.2, 0.25) is 0 Å². The number of nitrogen functional groups attached to an aromatic ring is 1. The van der Waals surface area contributed by atoms with Gasteiger partial charge in [0.1, 0.15) is 0 Å². The molecule has 1 aliphatic heterocycles. The summed E-state index contributed by atoms with van der Waals surface area (Å²) >= 11 is 7.92. The number of nitrogens with two attached hydrogens (primary N) is 1. The standard InChI is InChI=1S/C12H17ClN4OS/c1-2-9-7-17(3-4-19-9)12(18)8-5-10(13)11(16-14)15-6-8/h5-6,9H,2-4,7,14H2,1H3,(H,15,16). The molecule has 1 aliphatic rings. The van der Waals surface area contributed by atoms with Gasteiger partial charge in [0.25, 0.3) is 5.91 Å². The first-order valence-corrected chi connectivity index (χ1v) is 7.61. The number of anilines is 1. The maximum absolute atomic E-state index is 12.4. The van der Waals surface area contributed by atoms with Gasteiger partial charge in [-0.1, -0.05) is 18.5 Å². The molecule has 0 radical (unpaired) electrons. The molecule has 1 aromatic rings. The van der Waals surface area contributed by atoms with Crippen LogP contribution in [-0.4, -0.2) is 39.9 Å². The van der Waals surface area contributed by atoms with Gasteiger partial charge < -0.3 is 10.3 Å². The van der Waals surface area contributed by atoms with Crippen molar-refractivity contribution in [3.8, 4) is 0 Å². The molecule has 1 saturated heterocycles. The largest absolute Gasteiger partial charge is 0.337 e. The number of rotatable bonds is 3. The first kappa shape index (κ1) is 14.4. The van der Waals surface area contributed by atoms with Gasteiger partial charge in [-0.3, -0.25) is 4.79 Å². The average Bonchev–Trinajstić information content (AvgIpc) is 2.46. The van der Waals surface area contributed by atoms with Crippen LogP contribution in [0.25, 0.3) is 0 Å². The molecule has 2 heterocycles. The SMILES string of the molecule is CCC1CN(C(=O)c2cnc(NN)c(Cl)c2)CCS1. The predicted octanol–water partition coefficient (Wildman–Crippen LogP) is 1.99. The zero-order chi connectivity index (χ0) is 13.8. The number of thioether (sulfide) groups is 1. The first-order valence-electron chi connectivity index (χ1n) is 6.18. The van der Waals surface area contributed by atoms with Crippen molar-refractivity contribution in [1.82, 2.24) is 9.88 Å². The quantitative estimate of drug-likeness (QED) is 0.660. The van der Waals surface area contributed by atoms with Crippen molar-refractivity contribution < 1.29 is 4.79 Å². The van der Waals surface area contributed by atoms with Crippen molar-refractivity contribution in [3.63, 3.8) is 0 Å². The van der Waals surface area contributed by atoms with E-state index >= 15 is 0 Å². The summed E-state index contributed by atoms with van der Waals surface area (Å²) in [5.74, 6) is 6.60. The zero-order valence-corrected chi connectivity index (χ0v) is 12.3. The van der Waals surface area contributed by atoms with E-state index in [1.54, 1.807) is 6.07 Å². The molecule has 0 aromatic carbocycles. The van der Waals surface area contributed by atoms with Crippen LogP contribution >= 0.6 is 23.4 Å². The lowest BCUT2D eigenvalue weighted by Gasteiger charge is -2.32. The van der Waals surface area contributed by atoms with E-state index in [1.165, 1.54) is 6.20 Å². The maximum Gasteiger partial charge on any atom is 0.255 e. The highest BCUT2D eigenvalue weighted by Crippen LogP contribution is 2.24. The third-order valence-corrected chi connectivity index (χ3v) is 4.77. The zero-order valence-electron chi connectivity index (χ0n) is 10.7. The number of amides is 1. The summed E-state index contributed by atoms with van der Waals surface area (Å²) in [6.45, 7) is 3.70. The second kappa shape index (κ2) is 6.45. The van der Waals surface area contributed by atoms with E-state index in [1.807, 2.05) is 16.7 Å². The second-order valence-electron chi connectivity index (χ2n) is 4.35. The number of nitrogens with one attached hydrogen (secondary N) is 1. The number of carbonyl (C=O) groups excluding carboxylic acids is 1. The van der Waals surface area contributed by atoms with Gasteiger partial charge >= 0.3 is 0 Å². The molecule has 0 spiro atoms. The Balaban J connectivity index is 2.12. The number of aromatic nitrogens is 1. The van der Waals surface area contributed by atoms with Crippen LogP contribution in [-0.2, 0) is 0 Å². The Bertz CT molecular complexity index is 471. The fraction of sp³-hybridized carbons (Fsp3) is 0.500. The van der Waals surface area contributed by atoms with Crippen molar-refractivity contribution in [3.05, 3.63) is 22.8 Å². The smallest absolute Gasteiger partial charge is 0.255 e. The van der Waals surface area contributed by atoms with E-state index in [9.17, 15) is 4.79 Å². The summed E-state index contributed by atoms with van der Waals surface area (Å²) in [6.07, 6.45) is 2.58. The number of halogens is 1. The maximum atomic E-state index is 12.4. The minimum Gasteiger partial charge on any atom is -0.337 e. The number of pyridine rings is 1. The van der Waals surface area contributed by atoms with E-state index in [4.69, 9.17) is 17.4 Å². The molecular formula is C12H17ClN4OS. The first-order chi connectivity index (χ1) is 9.15. The number of carbonyl (C=O) groups is 1. The molecule has 19 heavy (non-hydrogen) atoms. The van der Waals surface area contributed by atoms with Crippen molar-refractivity contribution >= 4 is 35.1 Å². The highest BCUT2D eigenvalue weighted by Gasteiger charge is 2.24. The number of hydrogen-bond acceptors (Lipinski definition) is 5. The minimum absolute atomic E-state index is 0.0169. The monoisotopic (exact) mass is 300 g/mol. The molecule has 0 saturated carbocycles. The molecular weight excluding hydrogens is 284 g/mol. The molecule has 5 nitrogen and oxygen atoms in total. The van der Waals surface area contributed by atoms with Gasteiger partial charge in [0.15, 0.2) is 5.82 Å². The molecule has 1 unspecified atom stereocenters. The predicted molar refractivity (Wildman–Crippen MR) is 79.5 cm³/mol. The molecule has 104 valence electrons. The summed E-state index contributed by atoms with van der Waals surface area (Å²) in [4.78, 5) is 18.3. The summed E-state index contributed by atoms with van der Waals surface area (Å²) in [7, 11) is 0. The molecule has 1 amide bonds. The van der Waals surface area contributed by atoms with Gasteiger partial charge in [-0.25, -0.2) is 10.8 Å². The number of hydrogen-bond donors (Lipinski definition) is 2. The van der Waals surface area contributed by atoms with E-state index in [0.29, 0.717) is 21.7 Å². The lowest BCUT2D eigenvalue weighted by Crippen LogP contribution is -2.41. The summed E-state index contributed by atoms with van der Waals surface area (Å²) in [6, 6.07) is 1.61. The van der Waals surface area contributed by atoms with E-state index < -0.39 is 0 Å². The Kier molecular flexibility index (Phi) is 4.90. The van der Waals surface area contributed by atoms with Crippen LogP contribution in [0.3, 0.4) is 0 Å². The van der Waals surface area contributed by atoms with Crippen LogP contribution in [0.4, 0.5) is 5.82 Å². The molecule has 1 fully saturated rings. The Morgan fingerprint density at radius 3 is 3.16 bits per heavy atom. The van der Waals surface area contributed by atoms with Crippen molar-refractivity contribution in [2.24, 2.45) is 5.84 Å². The van der Waals surface area contributed by atoms with Crippen molar-refractivity contribution in [1.29, 1.82) is 0 Å². The lowest BCUT2D eigenvalue weighted by molar-refractivity contribution is 0.0760. The highest BCUT2D eigenvalue weighted by molar-refractivity contribution is 8.00. The van der Waals surface area contributed by atoms with Crippen LogP contribution in [0.1, 0.15) is 23.7 Å². The van der Waals surface area contributed by atoms with Gasteiger partial charge in [0, 0.05) is 30.3 Å². The van der Waals surface area contributed by atoms with Gasteiger partial charge in [-0.15, -0.1) is 0 Å². The molecule has 0 bridgehead atoms. The van der Waals surface area contributed by atoms with Gasteiger partial charge in [-0.2, -0.15) is 11.8 Å². The third-order valence-electron chi connectivity index (χ3n) is 3.11.